The maximum atomic E-state index is 13.2. The zero-order valence-corrected chi connectivity index (χ0v) is 13.5. The third-order valence-electron chi connectivity index (χ3n) is 3.40. The molecule has 0 aliphatic heterocycles. The van der Waals surface area contributed by atoms with E-state index in [4.69, 9.17) is 11.6 Å². The van der Waals surface area contributed by atoms with E-state index in [1.807, 2.05) is 0 Å². The Hall–Kier alpha value is -2.27. The van der Waals surface area contributed by atoms with Crippen molar-refractivity contribution in [2.24, 2.45) is 0 Å². The van der Waals surface area contributed by atoms with Gasteiger partial charge in [-0.1, -0.05) is 60.1 Å². The number of carbonyl (C=O) groups is 1. The summed E-state index contributed by atoms with van der Waals surface area (Å²) >= 11 is 6.03. The van der Waals surface area contributed by atoms with Gasteiger partial charge in [-0.05, 0) is 24.1 Å². The van der Waals surface area contributed by atoms with E-state index in [2.05, 4.69) is 5.32 Å². The molecule has 0 aliphatic rings. The molecule has 0 fully saturated rings. The fourth-order valence-corrected chi connectivity index (χ4v) is 2.54. The van der Waals surface area contributed by atoms with Crippen molar-refractivity contribution >= 4 is 23.1 Å². The van der Waals surface area contributed by atoms with Crippen LogP contribution in [0, 0.1) is 0 Å². The molecule has 0 heterocycles. The van der Waals surface area contributed by atoms with Crippen LogP contribution in [0.15, 0.2) is 60.7 Å². The number of benzene rings is 2. The van der Waals surface area contributed by atoms with Crippen molar-refractivity contribution in [2.75, 3.05) is 0 Å². The van der Waals surface area contributed by atoms with Crippen molar-refractivity contribution in [3.8, 4) is 0 Å². The summed E-state index contributed by atoms with van der Waals surface area (Å²) in [6.45, 7) is 1.66. The quantitative estimate of drug-likeness (QED) is 0.755. The van der Waals surface area contributed by atoms with E-state index in [1.54, 1.807) is 37.3 Å². The van der Waals surface area contributed by atoms with Crippen molar-refractivity contribution in [3.05, 3.63) is 76.8 Å². The molecule has 1 N–H and O–H groups in total. The van der Waals surface area contributed by atoms with Crippen LogP contribution in [0.3, 0.4) is 0 Å². The SMILES string of the molecule is CC(NC(=O)/C=C(/c1ccccc1)C(F)(F)F)c1ccccc1Cl. The number of rotatable bonds is 4. The lowest BCUT2D eigenvalue weighted by atomic mass is 10.0. The van der Waals surface area contributed by atoms with Gasteiger partial charge in [0.2, 0.25) is 5.91 Å². The van der Waals surface area contributed by atoms with Gasteiger partial charge < -0.3 is 5.32 Å². The molecule has 6 heteroatoms. The first-order valence-electron chi connectivity index (χ1n) is 7.18. The molecule has 0 saturated carbocycles. The van der Waals surface area contributed by atoms with Gasteiger partial charge in [0, 0.05) is 11.1 Å². The Labute approximate surface area is 142 Å². The van der Waals surface area contributed by atoms with Gasteiger partial charge in [0.15, 0.2) is 0 Å². The summed E-state index contributed by atoms with van der Waals surface area (Å²) < 4.78 is 39.7. The lowest BCUT2D eigenvalue weighted by Crippen LogP contribution is -2.26. The topological polar surface area (TPSA) is 29.1 Å². The second kappa shape index (κ2) is 7.53. The molecule has 0 aromatic heterocycles. The van der Waals surface area contributed by atoms with Gasteiger partial charge in [-0.25, -0.2) is 0 Å². The third-order valence-corrected chi connectivity index (χ3v) is 3.74. The molecule has 0 saturated heterocycles. The third kappa shape index (κ3) is 4.61. The highest BCUT2D eigenvalue weighted by atomic mass is 35.5. The van der Waals surface area contributed by atoms with Gasteiger partial charge in [0.05, 0.1) is 11.6 Å². The van der Waals surface area contributed by atoms with Crippen LogP contribution in [-0.4, -0.2) is 12.1 Å². The highest BCUT2D eigenvalue weighted by Crippen LogP contribution is 2.33. The van der Waals surface area contributed by atoms with Gasteiger partial charge in [0.25, 0.3) is 0 Å². The second-order valence-corrected chi connectivity index (χ2v) is 5.58. The van der Waals surface area contributed by atoms with Crippen molar-refractivity contribution in [3.63, 3.8) is 0 Å². The van der Waals surface area contributed by atoms with Crippen LogP contribution in [0.5, 0.6) is 0 Å². The highest BCUT2D eigenvalue weighted by Gasteiger charge is 2.35. The average molecular weight is 354 g/mol. The van der Waals surface area contributed by atoms with E-state index in [-0.39, 0.29) is 5.56 Å². The summed E-state index contributed by atoms with van der Waals surface area (Å²) in [6.07, 6.45) is -4.06. The van der Waals surface area contributed by atoms with Crippen LogP contribution in [0.2, 0.25) is 5.02 Å². The van der Waals surface area contributed by atoms with Crippen molar-refractivity contribution in [1.29, 1.82) is 0 Å². The maximum absolute atomic E-state index is 13.2. The maximum Gasteiger partial charge on any atom is 0.417 e. The summed E-state index contributed by atoms with van der Waals surface area (Å²) in [5.41, 5.74) is -0.424. The number of nitrogens with one attached hydrogen (secondary N) is 1. The van der Waals surface area contributed by atoms with Crippen molar-refractivity contribution in [1.82, 2.24) is 5.32 Å². The lowest BCUT2D eigenvalue weighted by Gasteiger charge is -2.16. The normalized spacial score (nSPS) is 13.5. The van der Waals surface area contributed by atoms with Crippen LogP contribution < -0.4 is 5.32 Å². The molecule has 0 bridgehead atoms. The summed E-state index contributed by atoms with van der Waals surface area (Å²) in [5, 5.41) is 2.95. The Bertz CT molecular complexity index is 741. The van der Waals surface area contributed by atoms with E-state index >= 15 is 0 Å². The number of alkyl halides is 3. The fourth-order valence-electron chi connectivity index (χ4n) is 2.24. The predicted octanol–water partition coefficient (Wildman–Crippen LogP) is 5.16. The van der Waals surface area contributed by atoms with E-state index in [0.29, 0.717) is 16.7 Å². The number of halogens is 4. The summed E-state index contributed by atoms with van der Waals surface area (Å²) in [7, 11) is 0. The smallest absolute Gasteiger partial charge is 0.346 e. The minimum absolute atomic E-state index is 0.0643. The van der Waals surface area contributed by atoms with Gasteiger partial charge in [-0.2, -0.15) is 13.2 Å². The molecule has 24 heavy (non-hydrogen) atoms. The molecule has 2 aromatic rings. The highest BCUT2D eigenvalue weighted by molar-refractivity contribution is 6.31. The zero-order valence-electron chi connectivity index (χ0n) is 12.8. The second-order valence-electron chi connectivity index (χ2n) is 5.17. The summed E-state index contributed by atoms with van der Waals surface area (Å²) in [5.74, 6) is -0.835. The molecule has 2 rings (SSSR count). The lowest BCUT2D eigenvalue weighted by molar-refractivity contribution is -0.117. The molecular weight excluding hydrogens is 339 g/mol. The zero-order chi connectivity index (χ0) is 17.7. The number of amides is 1. The van der Waals surface area contributed by atoms with E-state index < -0.39 is 23.7 Å². The first-order valence-corrected chi connectivity index (χ1v) is 7.56. The Morgan fingerprint density at radius 1 is 1.08 bits per heavy atom. The minimum Gasteiger partial charge on any atom is -0.346 e. The number of carbonyl (C=O) groups excluding carboxylic acids is 1. The van der Waals surface area contributed by atoms with Crippen LogP contribution in [-0.2, 0) is 4.79 Å². The Kier molecular flexibility index (Phi) is 5.67. The molecule has 126 valence electrons. The van der Waals surface area contributed by atoms with E-state index in [9.17, 15) is 18.0 Å². The van der Waals surface area contributed by atoms with E-state index in [0.717, 1.165) is 0 Å². The molecule has 1 unspecified atom stereocenters. The number of hydrogen-bond donors (Lipinski definition) is 1. The molecule has 2 nitrogen and oxygen atoms in total. The summed E-state index contributed by atoms with van der Waals surface area (Å²) in [6, 6.07) is 13.5. The Balaban J connectivity index is 2.24. The number of hydrogen-bond acceptors (Lipinski definition) is 1. The van der Waals surface area contributed by atoms with Crippen LogP contribution in [0.1, 0.15) is 24.1 Å². The minimum atomic E-state index is -4.63. The summed E-state index contributed by atoms with van der Waals surface area (Å²) in [4.78, 5) is 12.0. The van der Waals surface area contributed by atoms with Gasteiger partial charge in [-0.3, -0.25) is 4.79 Å². The van der Waals surface area contributed by atoms with Crippen molar-refractivity contribution < 1.29 is 18.0 Å². The standard InChI is InChI=1S/C18H15ClF3NO/c1-12(14-9-5-6-10-16(14)19)23-17(24)11-15(18(20,21)22)13-7-3-2-4-8-13/h2-12H,1H3,(H,23,24)/b15-11-. The van der Waals surface area contributed by atoms with Crippen LogP contribution in [0.4, 0.5) is 13.2 Å². The first kappa shape index (κ1) is 18.1. The molecular formula is C18H15ClF3NO. The Morgan fingerprint density at radius 3 is 2.25 bits per heavy atom. The molecule has 0 radical (unpaired) electrons. The molecule has 2 aromatic carbocycles. The van der Waals surface area contributed by atoms with Gasteiger partial charge in [0.1, 0.15) is 0 Å². The molecule has 0 spiro atoms. The van der Waals surface area contributed by atoms with Crippen molar-refractivity contribution in [2.45, 2.75) is 19.1 Å². The molecule has 1 atom stereocenters. The molecule has 1 amide bonds. The van der Waals surface area contributed by atoms with E-state index in [1.165, 1.54) is 24.3 Å². The van der Waals surface area contributed by atoms with Crippen LogP contribution in [0.25, 0.3) is 5.57 Å². The first-order chi connectivity index (χ1) is 11.3. The van der Waals surface area contributed by atoms with Gasteiger partial charge >= 0.3 is 6.18 Å². The predicted molar refractivity (Wildman–Crippen MR) is 88.5 cm³/mol. The fraction of sp³-hybridized carbons (Fsp3) is 0.167. The molecule has 0 aliphatic carbocycles. The van der Waals surface area contributed by atoms with Crippen LogP contribution >= 0.6 is 11.6 Å². The van der Waals surface area contributed by atoms with Gasteiger partial charge in [-0.15, -0.1) is 0 Å². The number of allylic oxidation sites excluding steroid dienone is 1. The Morgan fingerprint density at radius 2 is 1.67 bits per heavy atom. The largest absolute Gasteiger partial charge is 0.417 e. The average Bonchev–Trinajstić information content (AvgIpc) is 2.52. The monoisotopic (exact) mass is 353 g/mol.